The molecule has 2 rings (SSSR count). The van der Waals surface area contributed by atoms with Crippen LogP contribution in [-0.4, -0.2) is 48.1 Å². The molecule has 3 unspecified atom stereocenters. The number of benzene rings is 1. The van der Waals surface area contributed by atoms with Crippen LogP contribution in [0.4, 0.5) is 0 Å². The number of hydrogen-bond acceptors (Lipinski definition) is 4. The van der Waals surface area contributed by atoms with Crippen LogP contribution >= 0.6 is 0 Å². The molecule has 1 aliphatic heterocycles. The molecular formula is C19H29N3O3. The predicted octanol–water partition coefficient (Wildman–Crippen LogP) is 1.68. The Balaban J connectivity index is 1.91. The van der Waals surface area contributed by atoms with Gasteiger partial charge in [-0.2, -0.15) is 0 Å². The van der Waals surface area contributed by atoms with Gasteiger partial charge in [-0.1, -0.05) is 25.5 Å². The van der Waals surface area contributed by atoms with E-state index >= 15 is 0 Å². The van der Waals surface area contributed by atoms with Crippen molar-refractivity contribution < 1.29 is 14.3 Å². The summed E-state index contributed by atoms with van der Waals surface area (Å²) in [7, 11) is 0. The van der Waals surface area contributed by atoms with Crippen LogP contribution < -0.4 is 11.1 Å². The van der Waals surface area contributed by atoms with Gasteiger partial charge >= 0.3 is 0 Å². The molecule has 3 N–H and O–H groups in total. The minimum absolute atomic E-state index is 0.0163. The number of amides is 2. The lowest BCUT2D eigenvalue weighted by Crippen LogP contribution is -2.48. The maximum absolute atomic E-state index is 12.6. The standard InChI is InChI=1S/C19H29N3O3/c1-4-5-17(20)18(23)21-10-15-6-8-16(9-7-15)19(24)22-11-13(2)25-14(3)12-22/h6-9,13-14,17H,4-5,10-12,20H2,1-3H3,(H,21,23). The summed E-state index contributed by atoms with van der Waals surface area (Å²) in [6, 6.07) is 6.88. The first-order valence-electron chi connectivity index (χ1n) is 8.97. The predicted molar refractivity (Wildman–Crippen MR) is 97.1 cm³/mol. The molecule has 1 fully saturated rings. The highest BCUT2D eigenvalue weighted by Gasteiger charge is 2.26. The Kier molecular flexibility index (Phi) is 6.96. The van der Waals surface area contributed by atoms with Crippen molar-refractivity contribution in [3.8, 4) is 0 Å². The number of rotatable bonds is 6. The van der Waals surface area contributed by atoms with Crippen molar-refractivity contribution in [2.75, 3.05) is 13.1 Å². The lowest BCUT2D eigenvalue weighted by Gasteiger charge is -2.35. The Bertz CT molecular complexity index is 578. The summed E-state index contributed by atoms with van der Waals surface area (Å²) >= 11 is 0. The Morgan fingerprint density at radius 1 is 1.24 bits per heavy atom. The largest absolute Gasteiger partial charge is 0.372 e. The first-order valence-corrected chi connectivity index (χ1v) is 8.97. The van der Waals surface area contributed by atoms with Crippen LogP contribution in [0.2, 0.25) is 0 Å². The van der Waals surface area contributed by atoms with E-state index in [9.17, 15) is 9.59 Å². The van der Waals surface area contributed by atoms with Crippen LogP contribution in [0.5, 0.6) is 0 Å². The zero-order chi connectivity index (χ0) is 18.4. The number of hydrogen-bond donors (Lipinski definition) is 2. The van der Waals surface area contributed by atoms with E-state index in [0.29, 0.717) is 31.6 Å². The van der Waals surface area contributed by atoms with Crippen molar-refractivity contribution in [1.82, 2.24) is 10.2 Å². The molecule has 1 aliphatic rings. The molecule has 2 amide bonds. The molecule has 0 bridgehead atoms. The second kappa shape index (κ2) is 8.97. The van der Waals surface area contributed by atoms with Gasteiger partial charge in [0.05, 0.1) is 18.2 Å². The van der Waals surface area contributed by atoms with Gasteiger partial charge in [0, 0.05) is 25.2 Å². The molecule has 3 atom stereocenters. The monoisotopic (exact) mass is 347 g/mol. The third-order valence-electron chi connectivity index (χ3n) is 4.31. The lowest BCUT2D eigenvalue weighted by atomic mass is 10.1. The number of nitrogens with one attached hydrogen (secondary N) is 1. The van der Waals surface area contributed by atoms with Crippen molar-refractivity contribution in [2.45, 2.75) is 58.4 Å². The van der Waals surface area contributed by atoms with Crippen molar-refractivity contribution in [2.24, 2.45) is 5.73 Å². The number of carbonyl (C=O) groups is 2. The molecule has 6 heteroatoms. The number of nitrogens with zero attached hydrogens (tertiary/aromatic N) is 1. The maximum atomic E-state index is 12.6. The summed E-state index contributed by atoms with van der Waals surface area (Å²) in [6.45, 7) is 7.58. The van der Waals surface area contributed by atoms with Crippen molar-refractivity contribution in [3.63, 3.8) is 0 Å². The molecule has 138 valence electrons. The Labute approximate surface area is 149 Å². The Morgan fingerprint density at radius 3 is 2.40 bits per heavy atom. The van der Waals surface area contributed by atoms with Crippen molar-refractivity contribution >= 4 is 11.8 Å². The maximum Gasteiger partial charge on any atom is 0.254 e. The minimum atomic E-state index is -0.462. The summed E-state index contributed by atoms with van der Waals surface area (Å²) < 4.78 is 5.67. The van der Waals surface area contributed by atoms with Gasteiger partial charge in [0.15, 0.2) is 0 Å². The molecule has 0 saturated carbocycles. The smallest absolute Gasteiger partial charge is 0.254 e. The average Bonchev–Trinajstić information content (AvgIpc) is 2.58. The molecule has 1 heterocycles. The van der Waals surface area contributed by atoms with Gasteiger partial charge in [-0.05, 0) is 38.0 Å². The summed E-state index contributed by atoms with van der Waals surface area (Å²) in [5.74, 6) is -0.124. The molecule has 0 radical (unpaired) electrons. The molecule has 0 aliphatic carbocycles. The zero-order valence-corrected chi connectivity index (χ0v) is 15.3. The molecule has 1 aromatic carbocycles. The van der Waals surface area contributed by atoms with Crippen LogP contribution in [0.15, 0.2) is 24.3 Å². The summed E-state index contributed by atoms with van der Waals surface area (Å²) in [6.07, 6.45) is 1.66. The fourth-order valence-corrected chi connectivity index (χ4v) is 3.05. The topological polar surface area (TPSA) is 84.7 Å². The van der Waals surface area contributed by atoms with E-state index in [1.54, 1.807) is 12.1 Å². The molecule has 6 nitrogen and oxygen atoms in total. The highest BCUT2D eigenvalue weighted by atomic mass is 16.5. The van der Waals surface area contributed by atoms with Crippen LogP contribution in [0.3, 0.4) is 0 Å². The Hall–Kier alpha value is -1.92. The number of morpholine rings is 1. The summed E-state index contributed by atoms with van der Waals surface area (Å²) in [4.78, 5) is 26.3. The molecule has 0 aromatic heterocycles. The molecule has 25 heavy (non-hydrogen) atoms. The SMILES string of the molecule is CCCC(N)C(=O)NCc1ccc(C(=O)N2CC(C)OC(C)C2)cc1. The van der Waals surface area contributed by atoms with Gasteiger partial charge in [0.1, 0.15) is 0 Å². The van der Waals surface area contributed by atoms with Crippen LogP contribution in [-0.2, 0) is 16.1 Å². The summed E-state index contributed by atoms with van der Waals surface area (Å²) in [5, 5.41) is 2.83. The number of carbonyl (C=O) groups excluding carboxylic acids is 2. The Morgan fingerprint density at radius 2 is 1.84 bits per heavy atom. The van der Waals surface area contributed by atoms with Crippen LogP contribution in [0.1, 0.15) is 49.5 Å². The lowest BCUT2D eigenvalue weighted by molar-refractivity contribution is -0.122. The van der Waals surface area contributed by atoms with Gasteiger partial charge in [0.25, 0.3) is 5.91 Å². The fraction of sp³-hybridized carbons (Fsp3) is 0.579. The van der Waals surface area contributed by atoms with Gasteiger partial charge in [-0.25, -0.2) is 0 Å². The van der Waals surface area contributed by atoms with Gasteiger partial charge in [0.2, 0.25) is 5.91 Å². The van der Waals surface area contributed by atoms with E-state index < -0.39 is 6.04 Å². The molecule has 0 spiro atoms. The second-order valence-electron chi connectivity index (χ2n) is 6.78. The fourth-order valence-electron chi connectivity index (χ4n) is 3.05. The van der Waals surface area contributed by atoms with Crippen molar-refractivity contribution in [1.29, 1.82) is 0 Å². The molecular weight excluding hydrogens is 318 g/mol. The first-order chi connectivity index (χ1) is 11.9. The molecule has 1 saturated heterocycles. The highest BCUT2D eigenvalue weighted by Crippen LogP contribution is 2.15. The number of ether oxygens (including phenoxy) is 1. The summed E-state index contributed by atoms with van der Waals surface area (Å²) in [5.41, 5.74) is 7.38. The second-order valence-corrected chi connectivity index (χ2v) is 6.78. The van der Waals surface area contributed by atoms with Gasteiger partial charge in [-0.15, -0.1) is 0 Å². The zero-order valence-electron chi connectivity index (χ0n) is 15.3. The van der Waals surface area contributed by atoms with E-state index in [4.69, 9.17) is 10.5 Å². The minimum Gasteiger partial charge on any atom is -0.372 e. The third-order valence-corrected chi connectivity index (χ3v) is 4.31. The first kappa shape index (κ1) is 19.4. The van der Waals surface area contributed by atoms with E-state index in [1.807, 2.05) is 37.8 Å². The average molecular weight is 347 g/mol. The number of nitrogens with two attached hydrogens (primary N) is 1. The van der Waals surface area contributed by atoms with Crippen molar-refractivity contribution in [3.05, 3.63) is 35.4 Å². The van der Waals surface area contributed by atoms with Crippen LogP contribution in [0.25, 0.3) is 0 Å². The highest BCUT2D eigenvalue weighted by molar-refractivity contribution is 5.94. The van der Waals surface area contributed by atoms with E-state index in [2.05, 4.69) is 5.32 Å². The van der Waals surface area contributed by atoms with Gasteiger partial charge < -0.3 is 20.7 Å². The van der Waals surface area contributed by atoms with E-state index in [0.717, 1.165) is 12.0 Å². The van der Waals surface area contributed by atoms with Gasteiger partial charge in [-0.3, -0.25) is 9.59 Å². The normalized spacial score (nSPS) is 21.7. The third kappa shape index (κ3) is 5.54. The van der Waals surface area contributed by atoms with E-state index in [1.165, 1.54) is 0 Å². The van der Waals surface area contributed by atoms with E-state index in [-0.39, 0.29) is 24.0 Å². The molecule has 1 aromatic rings. The quantitative estimate of drug-likeness (QED) is 0.820. The van der Waals surface area contributed by atoms with Crippen LogP contribution in [0, 0.1) is 0 Å².